The molecule has 0 amide bonds. The minimum Gasteiger partial charge on any atom is -0.497 e. The highest BCUT2D eigenvalue weighted by atomic mass is 19.1. The fourth-order valence-electron chi connectivity index (χ4n) is 5.74. The van der Waals surface area contributed by atoms with Gasteiger partial charge in [-0.15, -0.1) is 0 Å². The Balaban J connectivity index is 1.35. The molecular formula is C29H29FN2O4. The summed E-state index contributed by atoms with van der Waals surface area (Å²) in [5.74, 6) is 1.96. The van der Waals surface area contributed by atoms with Crippen LogP contribution in [0.15, 0.2) is 54.6 Å². The predicted octanol–water partition coefficient (Wildman–Crippen LogP) is 4.98. The van der Waals surface area contributed by atoms with E-state index < -0.39 is 0 Å². The SMILES string of the molecule is COc1ccc2c(c1)c1c(n2CO)CN2CCc3cc(OCc4ccc(F)cc4)c(OC)cc3C2C1. The lowest BCUT2D eigenvalue weighted by atomic mass is 9.85. The first-order chi connectivity index (χ1) is 17.6. The Kier molecular flexibility index (Phi) is 5.82. The second kappa shape index (κ2) is 9.15. The van der Waals surface area contributed by atoms with E-state index in [0.717, 1.165) is 48.1 Å². The predicted molar refractivity (Wildman–Crippen MR) is 135 cm³/mol. The highest BCUT2D eigenvalue weighted by Crippen LogP contribution is 2.45. The second-order valence-corrected chi connectivity index (χ2v) is 9.44. The molecule has 6 nitrogen and oxygen atoms in total. The zero-order valence-electron chi connectivity index (χ0n) is 20.5. The van der Waals surface area contributed by atoms with E-state index in [2.05, 4.69) is 23.1 Å². The zero-order chi connectivity index (χ0) is 24.8. The standard InChI is InChI=1S/C29H29FN2O4/c1-34-21-7-8-25-23(12-21)24-13-26-22-14-28(35-2)29(36-16-18-3-5-20(30)6-4-18)11-19(22)9-10-31(26)15-27(24)32(25)17-33/h3-8,11-12,14,26,33H,9-10,13,15-17H2,1-2H3. The Morgan fingerprint density at radius 3 is 2.58 bits per heavy atom. The van der Waals surface area contributed by atoms with E-state index in [1.165, 1.54) is 34.5 Å². The van der Waals surface area contributed by atoms with Crippen LogP contribution in [0.2, 0.25) is 0 Å². The van der Waals surface area contributed by atoms with E-state index >= 15 is 0 Å². The normalized spacial score (nSPS) is 16.8. The number of benzene rings is 3. The van der Waals surface area contributed by atoms with Gasteiger partial charge in [-0.05, 0) is 77.6 Å². The maximum absolute atomic E-state index is 13.2. The van der Waals surface area contributed by atoms with E-state index in [9.17, 15) is 9.50 Å². The molecule has 0 fully saturated rings. The molecule has 1 aromatic heterocycles. The van der Waals surface area contributed by atoms with Gasteiger partial charge in [-0.1, -0.05) is 12.1 Å². The molecule has 1 unspecified atom stereocenters. The van der Waals surface area contributed by atoms with E-state index in [0.29, 0.717) is 18.1 Å². The highest BCUT2D eigenvalue weighted by molar-refractivity contribution is 5.87. The highest BCUT2D eigenvalue weighted by Gasteiger charge is 2.36. The van der Waals surface area contributed by atoms with Gasteiger partial charge in [0.15, 0.2) is 11.5 Å². The van der Waals surface area contributed by atoms with Gasteiger partial charge in [0.25, 0.3) is 0 Å². The van der Waals surface area contributed by atoms with Crippen molar-refractivity contribution in [2.45, 2.75) is 38.8 Å². The molecule has 6 rings (SSSR count). The Labute approximate surface area is 209 Å². The van der Waals surface area contributed by atoms with Gasteiger partial charge in [-0.3, -0.25) is 4.90 Å². The number of methoxy groups -OCH3 is 2. The van der Waals surface area contributed by atoms with Crippen LogP contribution in [0.3, 0.4) is 0 Å². The quantitative estimate of drug-likeness (QED) is 0.415. The van der Waals surface area contributed by atoms with Crippen LogP contribution in [0.1, 0.15) is 34.0 Å². The Morgan fingerprint density at radius 1 is 1.00 bits per heavy atom. The largest absolute Gasteiger partial charge is 0.497 e. The molecule has 0 bridgehead atoms. The molecule has 0 spiro atoms. The first-order valence-electron chi connectivity index (χ1n) is 12.2. The minimum atomic E-state index is -0.258. The summed E-state index contributed by atoms with van der Waals surface area (Å²) in [5.41, 5.74) is 6.89. The number of rotatable bonds is 6. The fraction of sp³-hybridized carbons (Fsp3) is 0.310. The monoisotopic (exact) mass is 488 g/mol. The number of fused-ring (bicyclic) bond motifs is 6. The zero-order valence-corrected chi connectivity index (χ0v) is 20.5. The van der Waals surface area contributed by atoms with Crippen molar-refractivity contribution in [2.24, 2.45) is 0 Å². The van der Waals surface area contributed by atoms with Crippen LogP contribution in [0.4, 0.5) is 4.39 Å². The molecule has 1 N–H and O–H groups in total. The van der Waals surface area contributed by atoms with Gasteiger partial charge in [0.2, 0.25) is 0 Å². The molecule has 0 aliphatic carbocycles. The van der Waals surface area contributed by atoms with Crippen LogP contribution in [0, 0.1) is 5.82 Å². The third-order valence-corrected chi connectivity index (χ3v) is 7.59. The van der Waals surface area contributed by atoms with Gasteiger partial charge in [0, 0.05) is 30.2 Å². The summed E-state index contributed by atoms with van der Waals surface area (Å²) in [7, 11) is 3.34. The molecule has 2 aliphatic rings. The molecule has 1 atom stereocenters. The molecule has 2 aliphatic heterocycles. The molecule has 0 saturated carbocycles. The fourth-order valence-corrected chi connectivity index (χ4v) is 5.74. The van der Waals surface area contributed by atoms with Crippen LogP contribution in [-0.4, -0.2) is 35.3 Å². The minimum absolute atomic E-state index is 0.0458. The molecule has 186 valence electrons. The number of aromatic nitrogens is 1. The first-order valence-corrected chi connectivity index (χ1v) is 12.2. The summed E-state index contributed by atoms with van der Waals surface area (Å²) >= 11 is 0. The number of nitrogens with zero attached hydrogens (tertiary/aromatic N) is 2. The summed E-state index contributed by atoms with van der Waals surface area (Å²) in [6.45, 7) is 2.01. The topological polar surface area (TPSA) is 56.1 Å². The summed E-state index contributed by atoms with van der Waals surface area (Å²) in [6.07, 6.45) is 1.75. The molecule has 0 radical (unpaired) electrons. The van der Waals surface area contributed by atoms with Crippen LogP contribution in [-0.2, 0) is 32.7 Å². The van der Waals surface area contributed by atoms with Gasteiger partial charge in [0.05, 0.1) is 19.7 Å². The van der Waals surface area contributed by atoms with E-state index in [1.54, 1.807) is 26.4 Å². The average molecular weight is 489 g/mol. The molecule has 3 heterocycles. The molecule has 0 saturated heterocycles. The van der Waals surface area contributed by atoms with Gasteiger partial charge in [-0.25, -0.2) is 4.39 Å². The second-order valence-electron chi connectivity index (χ2n) is 9.44. The third kappa shape index (κ3) is 3.79. The summed E-state index contributed by atoms with van der Waals surface area (Å²) < 4.78 is 32.6. The summed E-state index contributed by atoms with van der Waals surface area (Å²) in [6, 6.07) is 16.8. The van der Waals surface area contributed by atoms with Gasteiger partial charge in [0.1, 0.15) is 24.9 Å². The van der Waals surface area contributed by atoms with Crippen molar-refractivity contribution in [3.05, 3.63) is 88.4 Å². The van der Waals surface area contributed by atoms with Gasteiger partial charge >= 0.3 is 0 Å². The lowest BCUT2D eigenvalue weighted by Crippen LogP contribution is -2.39. The maximum Gasteiger partial charge on any atom is 0.161 e. The number of ether oxygens (including phenoxy) is 3. The van der Waals surface area contributed by atoms with Gasteiger partial charge in [-0.2, -0.15) is 0 Å². The number of hydrogen-bond acceptors (Lipinski definition) is 5. The third-order valence-electron chi connectivity index (χ3n) is 7.59. The molecule has 36 heavy (non-hydrogen) atoms. The number of aliphatic hydroxyl groups is 1. The molecule has 7 heteroatoms. The van der Waals surface area contributed by atoms with Crippen LogP contribution >= 0.6 is 0 Å². The van der Waals surface area contributed by atoms with Crippen LogP contribution in [0.5, 0.6) is 17.2 Å². The Morgan fingerprint density at radius 2 is 1.83 bits per heavy atom. The first kappa shape index (κ1) is 22.9. The summed E-state index contributed by atoms with van der Waals surface area (Å²) in [5, 5.41) is 11.3. The number of halogens is 1. The molecular weight excluding hydrogens is 459 g/mol. The van der Waals surface area contributed by atoms with Crippen LogP contribution in [0.25, 0.3) is 10.9 Å². The van der Waals surface area contributed by atoms with Crippen molar-refractivity contribution < 1.29 is 23.7 Å². The lowest BCUT2D eigenvalue weighted by Gasteiger charge is -2.41. The van der Waals surface area contributed by atoms with E-state index in [4.69, 9.17) is 14.2 Å². The van der Waals surface area contributed by atoms with Gasteiger partial charge < -0.3 is 23.9 Å². The smallest absolute Gasteiger partial charge is 0.161 e. The van der Waals surface area contributed by atoms with Crippen molar-refractivity contribution in [3.8, 4) is 17.2 Å². The molecule has 3 aromatic carbocycles. The van der Waals surface area contributed by atoms with Crippen molar-refractivity contribution in [1.82, 2.24) is 9.47 Å². The van der Waals surface area contributed by atoms with E-state index in [-0.39, 0.29) is 18.6 Å². The number of aliphatic hydroxyl groups excluding tert-OH is 1. The van der Waals surface area contributed by atoms with Crippen molar-refractivity contribution in [1.29, 1.82) is 0 Å². The van der Waals surface area contributed by atoms with Crippen molar-refractivity contribution >= 4 is 10.9 Å². The Bertz CT molecular complexity index is 1430. The molecule has 4 aromatic rings. The average Bonchev–Trinajstić information content (AvgIpc) is 3.22. The van der Waals surface area contributed by atoms with Crippen molar-refractivity contribution in [2.75, 3.05) is 20.8 Å². The maximum atomic E-state index is 13.2. The Hall–Kier alpha value is -3.55. The van der Waals surface area contributed by atoms with E-state index in [1.807, 2.05) is 16.7 Å². The van der Waals surface area contributed by atoms with Crippen molar-refractivity contribution in [3.63, 3.8) is 0 Å². The number of hydrogen-bond donors (Lipinski definition) is 1. The lowest BCUT2D eigenvalue weighted by molar-refractivity contribution is 0.145. The summed E-state index contributed by atoms with van der Waals surface area (Å²) in [4.78, 5) is 2.49. The van der Waals surface area contributed by atoms with Crippen LogP contribution < -0.4 is 14.2 Å².